The summed E-state index contributed by atoms with van der Waals surface area (Å²) >= 11 is 1.80. The van der Waals surface area contributed by atoms with Crippen molar-refractivity contribution in [1.82, 2.24) is 15.8 Å². The molecule has 0 spiro atoms. The van der Waals surface area contributed by atoms with E-state index in [0.717, 1.165) is 48.4 Å². The SMILES string of the molecule is CSCCNC(=NCc1cc(C(C)C)no1)NCCc1ccco1.I. The van der Waals surface area contributed by atoms with Crippen LogP contribution in [0.25, 0.3) is 0 Å². The van der Waals surface area contributed by atoms with Gasteiger partial charge in [-0.25, -0.2) is 4.99 Å². The summed E-state index contributed by atoms with van der Waals surface area (Å²) in [6, 6.07) is 5.84. The highest BCUT2D eigenvalue weighted by Crippen LogP contribution is 2.14. The highest BCUT2D eigenvalue weighted by Gasteiger charge is 2.07. The molecule has 6 nitrogen and oxygen atoms in total. The summed E-state index contributed by atoms with van der Waals surface area (Å²) in [7, 11) is 0. The lowest BCUT2D eigenvalue weighted by Gasteiger charge is -2.11. The molecular formula is C17H27IN4O2S. The highest BCUT2D eigenvalue weighted by molar-refractivity contribution is 14.0. The Morgan fingerprint density at radius 3 is 2.72 bits per heavy atom. The quantitative estimate of drug-likeness (QED) is 0.248. The Kier molecular flexibility index (Phi) is 10.7. The van der Waals surface area contributed by atoms with Crippen molar-refractivity contribution in [1.29, 1.82) is 0 Å². The van der Waals surface area contributed by atoms with Crippen molar-refractivity contribution in [2.45, 2.75) is 32.7 Å². The third-order valence-electron chi connectivity index (χ3n) is 3.40. The van der Waals surface area contributed by atoms with Gasteiger partial charge in [0.05, 0.1) is 12.0 Å². The Hall–Kier alpha value is -1.16. The van der Waals surface area contributed by atoms with E-state index < -0.39 is 0 Å². The van der Waals surface area contributed by atoms with E-state index in [2.05, 4.69) is 40.9 Å². The smallest absolute Gasteiger partial charge is 0.191 e. The van der Waals surface area contributed by atoms with Gasteiger partial charge in [0, 0.05) is 31.3 Å². The molecule has 0 radical (unpaired) electrons. The number of nitrogens with zero attached hydrogens (tertiary/aromatic N) is 2. The van der Waals surface area contributed by atoms with Crippen molar-refractivity contribution in [3.05, 3.63) is 41.7 Å². The number of guanidine groups is 1. The van der Waals surface area contributed by atoms with E-state index in [1.807, 2.05) is 18.2 Å². The Bertz CT molecular complexity index is 614. The zero-order valence-electron chi connectivity index (χ0n) is 14.9. The molecule has 2 N–H and O–H groups in total. The zero-order valence-corrected chi connectivity index (χ0v) is 18.1. The molecule has 0 bridgehead atoms. The number of rotatable bonds is 9. The Labute approximate surface area is 170 Å². The van der Waals surface area contributed by atoms with Gasteiger partial charge in [-0.15, -0.1) is 24.0 Å². The number of aromatic nitrogens is 1. The number of hydrogen-bond donors (Lipinski definition) is 2. The number of hydrogen-bond acceptors (Lipinski definition) is 5. The van der Waals surface area contributed by atoms with Crippen molar-refractivity contribution in [3.8, 4) is 0 Å². The van der Waals surface area contributed by atoms with Crippen LogP contribution >= 0.6 is 35.7 Å². The van der Waals surface area contributed by atoms with Crippen LogP contribution < -0.4 is 10.6 Å². The summed E-state index contributed by atoms with van der Waals surface area (Å²) in [6.45, 7) is 6.27. The molecule has 0 saturated carbocycles. The Balaban J connectivity index is 0.00000312. The highest BCUT2D eigenvalue weighted by atomic mass is 127. The molecule has 0 aliphatic rings. The molecule has 0 unspecified atom stereocenters. The van der Waals surface area contributed by atoms with Crippen molar-refractivity contribution >= 4 is 41.7 Å². The summed E-state index contributed by atoms with van der Waals surface area (Å²) in [5, 5.41) is 10.7. The predicted molar refractivity (Wildman–Crippen MR) is 114 cm³/mol. The molecule has 0 atom stereocenters. The van der Waals surface area contributed by atoms with E-state index in [1.165, 1.54) is 0 Å². The van der Waals surface area contributed by atoms with Crippen LogP contribution in [0.5, 0.6) is 0 Å². The maximum atomic E-state index is 5.34. The first-order valence-electron chi connectivity index (χ1n) is 8.18. The summed E-state index contributed by atoms with van der Waals surface area (Å²) < 4.78 is 10.7. The normalized spacial score (nSPS) is 11.4. The van der Waals surface area contributed by atoms with Crippen molar-refractivity contribution in [3.63, 3.8) is 0 Å². The molecule has 25 heavy (non-hydrogen) atoms. The van der Waals surface area contributed by atoms with Crippen molar-refractivity contribution < 1.29 is 8.94 Å². The van der Waals surface area contributed by atoms with Crippen molar-refractivity contribution in [2.24, 2.45) is 4.99 Å². The third kappa shape index (κ3) is 8.17. The van der Waals surface area contributed by atoms with Crippen LogP contribution in [0.1, 0.15) is 37.0 Å². The maximum absolute atomic E-state index is 5.34. The van der Waals surface area contributed by atoms with Gasteiger partial charge in [-0.1, -0.05) is 19.0 Å². The van der Waals surface area contributed by atoms with Gasteiger partial charge in [0.1, 0.15) is 12.3 Å². The van der Waals surface area contributed by atoms with Gasteiger partial charge in [0.25, 0.3) is 0 Å². The molecule has 0 aromatic carbocycles. The summed E-state index contributed by atoms with van der Waals surface area (Å²) in [6.07, 6.45) is 4.60. The Morgan fingerprint density at radius 2 is 2.08 bits per heavy atom. The molecule has 0 amide bonds. The van der Waals surface area contributed by atoms with Gasteiger partial charge in [-0.05, 0) is 24.3 Å². The first kappa shape index (κ1) is 21.9. The second kappa shape index (κ2) is 12.2. The van der Waals surface area contributed by atoms with Crippen LogP contribution in [0.4, 0.5) is 0 Å². The number of halogens is 1. The average molecular weight is 478 g/mol. The van der Waals surface area contributed by atoms with Crippen LogP contribution in [0, 0.1) is 0 Å². The first-order chi connectivity index (χ1) is 11.7. The number of furan rings is 1. The zero-order chi connectivity index (χ0) is 17.2. The van der Waals surface area contributed by atoms with Crippen LogP contribution in [0.15, 0.2) is 38.4 Å². The van der Waals surface area contributed by atoms with Gasteiger partial charge in [-0.3, -0.25) is 0 Å². The molecule has 0 aliphatic heterocycles. The predicted octanol–water partition coefficient (Wildman–Crippen LogP) is 3.65. The summed E-state index contributed by atoms with van der Waals surface area (Å²) in [5.74, 6) is 3.90. The summed E-state index contributed by atoms with van der Waals surface area (Å²) in [4.78, 5) is 4.58. The molecule has 2 aromatic rings. The molecule has 0 aliphatic carbocycles. The van der Waals surface area contributed by atoms with E-state index in [0.29, 0.717) is 12.5 Å². The fourth-order valence-electron chi connectivity index (χ4n) is 2.04. The third-order valence-corrected chi connectivity index (χ3v) is 4.02. The summed E-state index contributed by atoms with van der Waals surface area (Å²) in [5.41, 5.74) is 0.961. The van der Waals surface area contributed by atoms with E-state index in [9.17, 15) is 0 Å². The van der Waals surface area contributed by atoms with E-state index in [-0.39, 0.29) is 24.0 Å². The molecule has 0 saturated heterocycles. The number of thioether (sulfide) groups is 1. The maximum Gasteiger partial charge on any atom is 0.191 e. The van der Waals surface area contributed by atoms with Gasteiger partial charge in [0.15, 0.2) is 11.7 Å². The monoisotopic (exact) mass is 478 g/mol. The number of aliphatic imine (C=N–C) groups is 1. The van der Waals surface area contributed by atoms with E-state index in [4.69, 9.17) is 8.94 Å². The minimum Gasteiger partial charge on any atom is -0.469 e. The Morgan fingerprint density at radius 1 is 1.28 bits per heavy atom. The lowest BCUT2D eigenvalue weighted by molar-refractivity contribution is 0.376. The largest absolute Gasteiger partial charge is 0.469 e. The van der Waals surface area contributed by atoms with Crippen LogP contribution in [-0.4, -0.2) is 36.2 Å². The minimum atomic E-state index is 0. The molecular weight excluding hydrogens is 451 g/mol. The van der Waals surface area contributed by atoms with Gasteiger partial charge >= 0.3 is 0 Å². The fraction of sp³-hybridized carbons (Fsp3) is 0.529. The molecule has 2 rings (SSSR count). The topological polar surface area (TPSA) is 75.6 Å². The van der Waals surface area contributed by atoms with Crippen LogP contribution in [0.2, 0.25) is 0 Å². The van der Waals surface area contributed by atoms with Crippen LogP contribution in [0.3, 0.4) is 0 Å². The lowest BCUT2D eigenvalue weighted by Crippen LogP contribution is -2.39. The number of nitrogens with one attached hydrogen (secondary N) is 2. The molecule has 8 heteroatoms. The van der Waals surface area contributed by atoms with Gasteiger partial charge in [-0.2, -0.15) is 11.8 Å². The van der Waals surface area contributed by atoms with Gasteiger partial charge in [0.2, 0.25) is 0 Å². The molecule has 2 aromatic heterocycles. The van der Waals surface area contributed by atoms with E-state index in [1.54, 1.807) is 18.0 Å². The molecule has 0 fully saturated rings. The average Bonchev–Trinajstić information content (AvgIpc) is 3.24. The minimum absolute atomic E-state index is 0. The van der Waals surface area contributed by atoms with Crippen molar-refractivity contribution in [2.75, 3.05) is 25.1 Å². The molecule has 2 heterocycles. The second-order valence-corrected chi connectivity index (χ2v) is 6.70. The molecule has 140 valence electrons. The standard InChI is InChI=1S/C17H26N4O2S.HI/c1-13(2)16-11-15(23-21-16)12-20-17(19-8-10-24-3)18-7-6-14-5-4-9-22-14;/h4-5,9,11,13H,6-8,10,12H2,1-3H3,(H2,18,19,20);1H. The van der Waals surface area contributed by atoms with Crippen LogP contribution in [-0.2, 0) is 13.0 Å². The van der Waals surface area contributed by atoms with E-state index >= 15 is 0 Å². The second-order valence-electron chi connectivity index (χ2n) is 5.71. The fourth-order valence-corrected chi connectivity index (χ4v) is 2.34. The van der Waals surface area contributed by atoms with Gasteiger partial charge < -0.3 is 19.6 Å². The lowest BCUT2D eigenvalue weighted by atomic mass is 10.1. The first-order valence-corrected chi connectivity index (χ1v) is 9.57.